The molecule has 3 atom stereocenters. The molecule has 1 aromatic carbocycles. The molecule has 2 fully saturated rings. The quantitative estimate of drug-likeness (QED) is 0.229. The van der Waals surface area contributed by atoms with Gasteiger partial charge in [-0.3, -0.25) is 14.4 Å². The molecule has 1 saturated heterocycles. The van der Waals surface area contributed by atoms with Crippen LogP contribution in [0.1, 0.15) is 31.7 Å². The normalized spacial score (nSPS) is 19.6. The Morgan fingerprint density at radius 3 is 2.83 bits per heavy atom. The fourth-order valence-corrected chi connectivity index (χ4v) is 6.08. The van der Waals surface area contributed by atoms with E-state index in [2.05, 4.69) is 36.2 Å². The predicted molar refractivity (Wildman–Crippen MR) is 152 cm³/mol. The van der Waals surface area contributed by atoms with Gasteiger partial charge in [0, 0.05) is 17.8 Å². The minimum absolute atomic E-state index is 0.000755. The molecule has 0 bridgehead atoms. The van der Waals surface area contributed by atoms with E-state index in [4.69, 9.17) is 10.5 Å². The molecule has 40 heavy (non-hydrogen) atoms. The number of fused-ring (bicyclic) bond motifs is 4. The fourth-order valence-electron chi connectivity index (χ4n) is 5.73. The van der Waals surface area contributed by atoms with Crippen LogP contribution in [0.2, 0.25) is 0 Å². The van der Waals surface area contributed by atoms with E-state index < -0.39 is 6.04 Å². The van der Waals surface area contributed by atoms with E-state index in [1.165, 1.54) is 6.33 Å². The summed E-state index contributed by atoms with van der Waals surface area (Å²) in [5, 5.41) is 4.32. The number of ether oxygens (including phenoxy) is 1. The van der Waals surface area contributed by atoms with Crippen molar-refractivity contribution in [3.05, 3.63) is 52.9 Å². The number of nitrogen functional groups attached to an aromatic ring is 1. The van der Waals surface area contributed by atoms with E-state index in [0.29, 0.717) is 52.6 Å². The monoisotopic (exact) mass is 605 g/mol. The van der Waals surface area contributed by atoms with Gasteiger partial charge in [-0.15, -0.1) is 0 Å². The van der Waals surface area contributed by atoms with Crippen LogP contribution in [-0.2, 0) is 32.1 Å². The average Bonchev–Trinajstić information content (AvgIpc) is 3.47. The van der Waals surface area contributed by atoms with Crippen LogP contribution in [0.5, 0.6) is 0 Å². The van der Waals surface area contributed by atoms with Crippen molar-refractivity contribution in [3.63, 3.8) is 0 Å². The first-order valence-electron chi connectivity index (χ1n) is 13.3. The van der Waals surface area contributed by atoms with E-state index in [1.54, 1.807) is 30.0 Å². The molecule has 4 heterocycles. The molecule has 1 saturated carbocycles. The smallest absolute Gasteiger partial charge is 0.306 e. The molecule has 1 aliphatic carbocycles. The molecule has 4 aromatic rings. The largest absolute Gasteiger partial charge is 0.466 e. The van der Waals surface area contributed by atoms with E-state index in [1.807, 2.05) is 22.8 Å². The zero-order valence-corrected chi connectivity index (χ0v) is 23.4. The van der Waals surface area contributed by atoms with E-state index in [9.17, 15) is 14.4 Å². The van der Waals surface area contributed by atoms with Crippen LogP contribution in [0.3, 0.4) is 0 Å². The topological polar surface area (TPSA) is 145 Å². The van der Waals surface area contributed by atoms with Crippen LogP contribution in [-0.4, -0.2) is 60.9 Å². The lowest BCUT2D eigenvalue weighted by molar-refractivity contribution is -0.143. The van der Waals surface area contributed by atoms with Gasteiger partial charge < -0.3 is 25.3 Å². The number of hydrogen-bond donors (Lipinski definition) is 2. The molecule has 11 nitrogen and oxygen atoms in total. The highest BCUT2D eigenvalue weighted by Gasteiger charge is 2.56. The molecule has 6 rings (SSSR count). The van der Waals surface area contributed by atoms with Gasteiger partial charge in [-0.05, 0) is 77.9 Å². The number of carbonyl (C=O) groups excluding carboxylic acids is 3. The maximum Gasteiger partial charge on any atom is 0.306 e. The van der Waals surface area contributed by atoms with Crippen molar-refractivity contribution in [2.75, 3.05) is 17.7 Å². The maximum absolute atomic E-state index is 13.8. The van der Waals surface area contributed by atoms with Crippen LogP contribution >= 0.6 is 15.9 Å². The number of hydrogen-bond acceptors (Lipinski definition) is 8. The van der Waals surface area contributed by atoms with Gasteiger partial charge in [-0.1, -0.05) is 12.1 Å². The molecule has 1 unspecified atom stereocenters. The molecule has 206 valence electrons. The lowest BCUT2D eigenvalue weighted by atomic mass is 10.1. The van der Waals surface area contributed by atoms with Crippen molar-refractivity contribution in [1.29, 1.82) is 0 Å². The van der Waals surface area contributed by atoms with E-state index in [0.717, 1.165) is 22.9 Å². The molecule has 1 aliphatic heterocycles. The Labute approximate surface area is 238 Å². The standard InChI is InChI=1S/C28H28BrN7O4/c1-2-40-24(38)9-7-15-6-8-18-17(10-15)25-26(30)31-14-32-27(25)35(18)13-23(37)36-19-11-16(19)12-20(36)28(39)34-22-5-3-4-21(29)33-22/h3-6,8,10,14,16,19-20H,2,7,9,11-13H2,1H3,(H2,30,31,32)(H,33,34,39)/t16?,19-,20+/m1/s1. The number of nitrogens with zero attached hydrogens (tertiary/aromatic N) is 5. The zero-order chi connectivity index (χ0) is 28.0. The number of aryl methyl sites for hydroxylation is 1. The van der Waals surface area contributed by atoms with E-state index >= 15 is 0 Å². The molecule has 0 spiro atoms. The highest BCUT2D eigenvalue weighted by Crippen LogP contribution is 2.48. The fraction of sp³-hybridized carbons (Fsp3) is 0.357. The third-order valence-electron chi connectivity index (χ3n) is 7.61. The second kappa shape index (κ2) is 10.5. The third-order valence-corrected chi connectivity index (χ3v) is 8.05. The number of nitrogens with one attached hydrogen (secondary N) is 1. The van der Waals surface area contributed by atoms with Gasteiger partial charge in [-0.25, -0.2) is 15.0 Å². The van der Waals surface area contributed by atoms with Crippen LogP contribution in [0.15, 0.2) is 47.3 Å². The van der Waals surface area contributed by atoms with E-state index in [-0.39, 0.29) is 36.8 Å². The predicted octanol–water partition coefficient (Wildman–Crippen LogP) is 3.45. The SMILES string of the molecule is CCOC(=O)CCc1ccc2c(c1)c1c(N)ncnc1n2CC(=O)N1[C@@H]2CC2C[C@H]1C(=O)Nc1cccc(Br)n1. The highest BCUT2D eigenvalue weighted by atomic mass is 79.9. The van der Waals surface area contributed by atoms with Crippen molar-refractivity contribution < 1.29 is 19.1 Å². The minimum Gasteiger partial charge on any atom is -0.466 e. The second-order valence-electron chi connectivity index (χ2n) is 10.2. The Kier molecular flexibility index (Phi) is 6.87. The number of rotatable bonds is 8. The van der Waals surface area contributed by atoms with Gasteiger partial charge in [0.2, 0.25) is 11.8 Å². The first-order valence-corrected chi connectivity index (χ1v) is 14.0. The van der Waals surface area contributed by atoms with Crippen molar-refractivity contribution in [2.45, 2.75) is 51.2 Å². The van der Waals surface area contributed by atoms with Crippen molar-refractivity contribution in [3.8, 4) is 0 Å². The Morgan fingerprint density at radius 1 is 1.18 bits per heavy atom. The zero-order valence-electron chi connectivity index (χ0n) is 21.8. The summed E-state index contributed by atoms with van der Waals surface area (Å²) in [6, 6.07) is 10.6. The highest BCUT2D eigenvalue weighted by molar-refractivity contribution is 9.10. The first kappa shape index (κ1) is 26.2. The maximum atomic E-state index is 13.8. The number of anilines is 2. The van der Waals surface area contributed by atoms with Gasteiger partial charge in [0.1, 0.15) is 40.8 Å². The summed E-state index contributed by atoms with van der Waals surface area (Å²) in [7, 11) is 0. The van der Waals surface area contributed by atoms with Crippen LogP contribution in [0.4, 0.5) is 11.6 Å². The number of halogens is 1. The minimum atomic E-state index is -0.570. The van der Waals surface area contributed by atoms with Crippen molar-refractivity contribution in [1.82, 2.24) is 24.4 Å². The molecular weight excluding hydrogens is 578 g/mol. The lowest BCUT2D eigenvalue weighted by Gasteiger charge is -2.27. The number of likely N-dealkylation sites (tertiary alicyclic amines) is 1. The number of esters is 1. The Hall–Kier alpha value is -4.06. The molecule has 0 radical (unpaired) electrons. The number of aromatic nitrogens is 4. The third kappa shape index (κ3) is 4.87. The van der Waals surface area contributed by atoms with Gasteiger partial charge in [-0.2, -0.15) is 0 Å². The molecule has 3 N–H and O–H groups in total. The Bertz CT molecular complexity index is 1650. The molecule has 2 aliphatic rings. The summed E-state index contributed by atoms with van der Waals surface area (Å²) in [6.07, 6.45) is 3.68. The van der Waals surface area contributed by atoms with Crippen molar-refractivity contribution >= 4 is 67.3 Å². The van der Waals surface area contributed by atoms with Gasteiger partial charge in [0.25, 0.3) is 0 Å². The van der Waals surface area contributed by atoms with Gasteiger partial charge in [0.15, 0.2) is 0 Å². The Morgan fingerprint density at radius 2 is 2.02 bits per heavy atom. The average molecular weight is 606 g/mol. The van der Waals surface area contributed by atoms with Gasteiger partial charge in [0.05, 0.1) is 17.5 Å². The molecular formula is C28H28BrN7O4. The summed E-state index contributed by atoms with van der Waals surface area (Å²) in [5.41, 5.74) is 8.54. The number of pyridine rings is 1. The number of amides is 2. The molecule has 2 amide bonds. The summed E-state index contributed by atoms with van der Waals surface area (Å²) in [6.45, 7) is 2.12. The summed E-state index contributed by atoms with van der Waals surface area (Å²) in [4.78, 5) is 53.6. The molecule has 3 aromatic heterocycles. The number of piperidine rings is 1. The summed E-state index contributed by atoms with van der Waals surface area (Å²) in [5.74, 6) is 0.414. The van der Waals surface area contributed by atoms with Crippen LogP contribution in [0, 0.1) is 5.92 Å². The lowest BCUT2D eigenvalue weighted by Crippen LogP contribution is -2.46. The molecule has 12 heteroatoms. The van der Waals surface area contributed by atoms with Crippen LogP contribution < -0.4 is 11.1 Å². The summed E-state index contributed by atoms with van der Waals surface area (Å²) < 4.78 is 7.50. The number of benzene rings is 1. The number of carbonyl (C=O) groups is 3. The van der Waals surface area contributed by atoms with Crippen LogP contribution in [0.25, 0.3) is 21.9 Å². The number of nitrogens with two attached hydrogens (primary N) is 1. The first-order chi connectivity index (χ1) is 19.3. The van der Waals surface area contributed by atoms with Crippen molar-refractivity contribution in [2.24, 2.45) is 5.92 Å². The Balaban J connectivity index is 1.28. The summed E-state index contributed by atoms with van der Waals surface area (Å²) >= 11 is 3.32. The van der Waals surface area contributed by atoms with Gasteiger partial charge >= 0.3 is 5.97 Å². The second-order valence-corrected chi connectivity index (χ2v) is 11.0.